The van der Waals surface area contributed by atoms with Crippen molar-refractivity contribution >= 4 is 5.84 Å². The zero-order valence-corrected chi connectivity index (χ0v) is 10.6. The van der Waals surface area contributed by atoms with Crippen LogP contribution in [0.15, 0.2) is 0 Å². The molecule has 1 heterocycles. The van der Waals surface area contributed by atoms with Crippen LogP contribution in [0.2, 0.25) is 0 Å². The molecule has 1 N–H and O–H groups in total. The third-order valence-corrected chi connectivity index (χ3v) is 3.13. The maximum atomic E-state index is 8.02. The summed E-state index contributed by atoms with van der Waals surface area (Å²) in [4.78, 5) is 4.54. The summed E-state index contributed by atoms with van der Waals surface area (Å²) in [5, 5.41) is 8.02. The van der Waals surface area contributed by atoms with Crippen molar-refractivity contribution in [3.63, 3.8) is 0 Å². The molecule has 15 heavy (non-hydrogen) atoms. The maximum Gasteiger partial charge on any atom is 0.0960 e. The van der Waals surface area contributed by atoms with E-state index >= 15 is 0 Å². The van der Waals surface area contributed by atoms with Crippen molar-refractivity contribution in [1.29, 1.82) is 5.41 Å². The van der Waals surface area contributed by atoms with Gasteiger partial charge in [0.1, 0.15) is 0 Å². The van der Waals surface area contributed by atoms with Crippen LogP contribution in [0.1, 0.15) is 33.1 Å². The minimum Gasteiger partial charge on any atom is -0.356 e. The Morgan fingerprint density at radius 3 is 2.47 bits per heavy atom. The van der Waals surface area contributed by atoms with Crippen molar-refractivity contribution in [3.05, 3.63) is 0 Å². The molecule has 1 fully saturated rings. The van der Waals surface area contributed by atoms with Gasteiger partial charge in [0, 0.05) is 25.6 Å². The molecular formula is C12H25N3. The van der Waals surface area contributed by atoms with E-state index < -0.39 is 0 Å². The summed E-state index contributed by atoms with van der Waals surface area (Å²) < 4.78 is 0. The lowest BCUT2D eigenvalue weighted by Crippen LogP contribution is -2.50. The second-order valence-corrected chi connectivity index (χ2v) is 5.17. The Morgan fingerprint density at radius 1 is 1.33 bits per heavy atom. The van der Waals surface area contributed by atoms with Crippen LogP contribution in [-0.4, -0.2) is 48.9 Å². The lowest BCUT2D eigenvalue weighted by molar-refractivity contribution is 0.181. The highest BCUT2D eigenvalue weighted by molar-refractivity contribution is 5.80. The van der Waals surface area contributed by atoms with Crippen LogP contribution >= 0.6 is 0 Å². The van der Waals surface area contributed by atoms with Gasteiger partial charge in [-0.25, -0.2) is 0 Å². The van der Waals surface area contributed by atoms with Gasteiger partial charge < -0.3 is 9.80 Å². The highest BCUT2D eigenvalue weighted by Crippen LogP contribution is 2.19. The van der Waals surface area contributed by atoms with Crippen molar-refractivity contribution in [2.75, 3.05) is 27.2 Å². The lowest BCUT2D eigenvalue weighted by Gasteiger charge is -2.40. The van der Waals surface area contributed by atoms with Crippen molar-refractivity contribution in [2.45, 2.75) is 39.2 Å². The first kappa shape index (κ1) is 12.5. The molecule has 1 aliphatic heterocycles. The van der Waals surface area contributed by atoms with Crippen LogP contribution in [-0.2, 0) is 0 Å². The maximum absolute atomic E-state index is 8.02. The van der Waals surface area contributed by atoms with E-state index in [2.05, 4.69) is 37.7 Å². The molecule has 0 saturated carbocycles. The summed E-state index contributed by atoms with van der Waals surface area (Å²) >= 11 is 0. The van der Waals surface area contributed by atoms with Gasteiger partial charge in [-0.1, -0.05) is 13.8 Å². The summed E-state index contributed by atoms with van der Waals surface area (Å²) in [5.74, 6) is 1.47. The number of amidine groups is 1. The van der Waals surface area contributed by atoms with Gasteiger partial charge in [0.2, 0.25) is 0 Å². The van der Waals surface area contributed by atoms with E-state index in [-0.39, 0.29) is 0 Å². The van der Waals surface area contributed by atoms with Crippen LogP contribution < -0.4 is 0 Å². The summed E-state index contributed by atoms with van der Waals surface area (Å²) in [6, 6.07) is 0.507. The number of likely N-dealkylation sites (tertiary alicyclic amines) is 1. The molecule has 1 unspecified atom stereocenters. The van der Waals surface area contributed by atoms with Crippen LogP contribution in [0.25, 0.3) is 0 Å². The Kier molecular flexibility index (Phi) is 4.58. The van der Waals surface area contributed by atoms with E-state index in [1.54, 1.807) is 0 Å². The van der Waals surface area contributed by atoms with Gasteiger partial charge in [-0.05, 0) is 32.9 Å². The van der Waals surface area contributed by atoms with Gasteiger partial charge in [-0.2, -0.15) is 0 Å². The van der Waals surface area contributed by atoms with Crippen molar-refractivity contribution in [3.8, 4) is 0 Å². The first-order valence-electron chi connectivity index (χ1n) is 6.01. The van der Waals surface area contributed by atoms with Crippen molar-refractivity contribution < 1.29 is 0 Å². The third-order valence-electron chi connectivity index (χ3n) is 3.13. The zero-order chi connectivity index (χ0) is 11.4. The quantitative estimate of drug-likeness (QED) is 0.771. The molecule has 0 aromatic heterocycles. The Morgan fingerprint density at radius 2 is 2.00 bits per heavy atom. The number of piperidine rings is 1. The monoisotopic (exact) mass is 211 g/mol. The number of rotatable bonds is 4. The van der Waals surface area contributed by atoms with Crippen LogP contribution in [0.3, 0.4) is 0 Å². The molecular weight excluding hydrogens is 186 g/mol. The molecule has 1 aliphatic rings. The first-order valence-corrected chi connectivity index (χ1v) is 6.01. The fraction of sp³-hybridized carbons (Fsp3) is 0.917. The molecule has 0 radical (unpaired) electrons. The molecule has 3 nitrogen and oxygen atoms in total. The molecule has 0 aromatic rings. The van der Waals surface area contributed by atoms with Crippen LogP contribution in [0, 0.1) is 11.3 Å². The van der Waals surface area contributed by atoms with E-state index in [9.17, 15) is 0 Å². The SMILES string of the molecule is CC(C)C(CN(C)C)N1CCCCC1=N. The smallest absolute Gasteiger partial charge is 0.0960 e. The Hall–Kier alpha value is -0.570. The van der Waals surface area contributed by atoms with Gasteiger partial charge in [0.25, 0.3) is 0 Å². The highest BCUT2D eigenvalue weighted by atomic mass is 15.2. The summed E-state index contributed by atoms with van der Waals surface area (Å²) in [5.41, 5.74) is 0. The number of hydrogen-bond donors (Lipinski definition) is 1. The molecule has 0 spiro atoms. The van der Waals surface area contributed by atoms with Crippen LogP contribution in [0.4, 0.5) is 0 Å². The normalized spacial score (nSPS) is 20.1. The molecule has 1 atom stereocenters. The van der Waals surface area contributed by atoms with Crippen molar-refractivity contribution in [1.82, 2.24) is 9.80 Å². The predicted octanol–water partition coefficient (Wildman–Crippen LogP) is 2.04. The van der Waals surface area contributed by atoms with Crippen LogP contribution in [0.5, 0.6) is 0 Å². The van der Waals surface area contributed by atoms with Gasteiger partial charge in [0.15, 0.2) is 0 Å². The standard InChI is InChI=1S/C12H25N3/c1-10(2)11(9-14(3)4)15-8-6-5-7-12(15)13/h10-11,13H,5-9H2,1-4H3. The number of likely N-dealkylation sites (N-methyl/N-ethyl adjacent to an activating group) is 1. The lowest BCUT2D eigenvalue weighted by atomic mass is 9.98. The average Bonchev–Trinajstić information content (AvgIpc) is 2.15. The second kappa shape index (κ2) is 5.50. The van der Waals surface area contributed by atoms with Gasteiger partial charge in [-0.3, -0.25) is 5.41 Å². The van der Waals surface area contributed by atoms with Gasteiger partial charge in [0.05, 0.1) is 5.84 Å². The molecule has 1 saturated heterocycles. The fourth-order valence-corrected chi connectivity index (χ4v) is 2.26. The summed E-state index contributed by atoms with van der Waals surface area (Å²) in [7, 11) is 4.23. The Labute approximate surface area is 94.0 Å². The molecule has 1 rings (SSSR count). The fourth-order valence-electron chi connectivity index (χ4n) is 2.26. The molecule has 0 bridgehead atoms. The Bertz CT molecular complexity index is 211. The van der Waals surface area contributed by atoms with E-state index in [0.717, 1.165) is 25.3 Å². The molecule has 0 amide bonds. The predicted molar refractivity (Wildman–Crippen MR) is 65.5 cm³/mol. The minimum atomic E-state index is 0.507. The second-order valence-electron chi connectivity index (χ2n) is 5.17. The minimum absolute atomic E-state index is 0.507. The van der Waals surface area contributed by atoms with Gasteiger partial charge in [-0.15, -0.1) is 0 Å². The van der Waals surface area contributed by atoms with E-state index in [1.807, 2.05) is 0 Å². The zero-order valence-electron chi connectivity index (χ0n) is 10.6. The number of nitrogens with one attached hydrogen (secondary N) is 1. The largest absolute Gasteiger partial charge is 0.356 e. The Balaban J connectivity index is 2.64. The van der Waals surface area contributed by atoms with E-state index in [1.165, 1.54) is 12.8 Å². The first-order chi connectivity index (χ1) is 7.02. The number of nitrogens with zero attached hydrogens (tertiary/aromatic N) is 2. The van der Waals surface area contributed by atoms with E-state index in [0.29, 0.717) is 12.0 Å². The van der Waals surface area contributed by atoms with Crippen molar-refractivity contribution in [2.24, 2.45) is 5.92 Å². The van der Waals surface area contributed by atoms with Gasteiger partial charge >= 0.3 is 0 Å². The molecule has 0 aliphatic carbocycles. The molecule has 3 heteroatoms. The highest BCUT2D eigenvalue weighted by Gasteiger charge is 2.26. The number of hydrogen-bond acceptors (Lipinski definition) is 2. The molecule has 88 valence electrons. The average molecular weight is 211 g/mol. The topological polar surface area (TPSA) is 30.3 Å². The molecule has 0 aromatic carbocycles. The summed E-state index contributed by atoms with van der Waals surface area (Å²) in [6.45, 7) is 6.65. The summed E-state index contributed by atoms with van der Waals surface area (Å²) in [6.07, 6.45) is 3.41. The van der Waals surface area contributed by atoms with E-state index in [4.69, 9.17) is 5.41 Å². The third kappa shape index (κ3) is 3.49.